The van der Waals surface area contributed by atoms with Gasteiger partial charge in [-0.2, -0.15) is 0 Å². The van der Waals surface area contributed by atoms with Gasteiger partial charge in [0.05, 0.1) is 33.4 Å². The molecule has 202 valence electrons. The Kier molecular flexibility index (Phi) is 9.34. The molecule has 39 heavy (non-hydrogen) atoms. The average Bonchev–Trinajstić information content (AvgIpc) is 3.49. The summed E-state index contributed by atoms with van der Waals surface area (Å²) in [5.74, 6) is 0.696. The smallest absolute Gasteiger partial charge is 0.243 e. The van der Waals surface area contributed by atoms with Crippen LogP contribution in [-0.4, -0.2) is 37.0 Å². The zero-order valence-corrected chi connectivity index (χ0v) is 21.9. The monoisotopic (exact) mass is 530 g/mol. The van der Waals surface area contributed by atoms with Gasteiger partial charge in [0.15, 0.2) is 11.5 Å². The van der Waals surface area contributed by atoms with Crippen molar-refractivity contribution in [1.82, 2.24) is 10.2 Å². The number of benzene rings is 3. The molecule has 0 bridgehead atoms. The van der Waals surface area contributed by atoms with E-state index in [2.05, 4.69) is 5.32 Å². The van der Waals surface area contributed by atoms with Crippen LogP contribution in [0.5, 0.6) is 11.5 Å². The third kappa shape index (κ3) is 7.47. The van der Waals surface area contributed by atoms with Gasteiger partial charge >= 0.3 is 0 Å². The summed E-state index contributed by atoms with van der Waals surface area (Å²) in [6.45, 7) is 0.309. The Morgan fingerprint density at radius 1 is 0.872 bits per heavy atom. The molecule has 1 heterocycles. The molecule has 0 aliphatic heterocycles. The first-order chi connectivity index (χ1) is 19.0. The number of furan rings is 1. The van der Waals surface area contributed by atoms with Gasteiger partial charge in [-0.1, -0.05) is 48.5 Å². The van der Waals surface area contributed by atoms with Crippen LogP contribution in [0.4, 0.5) is 4.39 Å². The number of hydrogen-bond donors (Lipinski definition) is 1. The van der Waals surface area contributed by atoms with Crippen molar-refractivity contribution in [2.24, 2.45) is 0 Å². The second kappa shape index (κ2) is 13.3. The summed E-state index contributed by atoms with van der Waals surface area (Å²) < 4.78 is 29.7. The van der Waals surface area contributed by atoms with E-state index in [1.165, 1.54) is 25.5 Å². The lowest BCUT2D eigenvalue weighted by Gasteiger charge is -2.31. The minimum absolute atomic E-state index is 0.0261. The summed E-state index contributed by atoms with van der Waals surface area (Å²) in [5.41, 5.74) is 2.31. The Labute approximate surface area is 227 Å². The van der Waals surface area contributed by atoms with Crippen LogP contribution < -0.4 is 14.8 Å². The fourth-order valence-corrected chi connectivity index (χ4v) is 4.31. The number of carbonyl (C=O) groups is 2. The van der Waals surface area contributed by atoms with Crippen molar-refractivity contribution in [2.75, 3.05) is 14.2 Å². The predicted octanol–water partition coefficient (Wildman–Crippen LogP) is 4.93. The molecule has 0 spiro atoms. The number of ether oxygens (including phenoxy) is 2. The molecule has 0 radical (unpaired) electrons. The van der Waals surface area contributed by atoms with Crippen LogP contribution in [0.1, 0.15) is 22.5 Å². The van der Waals surface area contributed by atoms with Crippen LogP contribution >= 0.6 is 0 Å². The summed E-state index contributed by atoms with van der Waals surface area (Å²) in [6.07, 6.45) is 1.86. The third-order valence-electron chi connectivity index (χ3n) is 6.36. The second-order valence-corrected chi connectivity index (χ2v) is 9.02. The molecule has 3 aromatic carbocycles. The maximum absolute atomic E-state index is 13.9. The molecule has 8 heteroatoms. The molecular formula is C31H31FN2O5. The van der Waals surface area contributed by atoms with Gasteiger partial charge in [-0.15, -0.1) is 0 Å². The maximum atomic E-state index is 13.9. The summed E-state index contributed by atoms with van der Waals surface area (Å²) in [5, 5.41) is 2.91. The van der Waals surface area contributed by atoms with Crippen molar-refractivity contribution in [1.29, 1.82) is 0 Å². The molecule has 4 rings (SSSR count). The normalized spacial score (nSPS) is 11.5. The highest BCUT2D eigenvalue weighted by atomic mass is 19.1. The lowest BCUT2D eigenvalue weighted by atomic mass is 10.0. The fraction of sp³-hybridized carbons (Fsp3) is 0.226. The van der Waals surface area contributed by atoms with E-state index in [-0.39, 0.29) is 37.1 Å². The third-order valence-corrected chi connectivity index (χ3v) is 6.36. The standard InChI is InChI=1S/C31H31FN2O5/c1-37-28-15-12-24(18-29(28)38-2)19-30(35)34(21-23-10-13-25(32)14-11-23)27(17-22-7-4-3-5-8-22)31(36)33-20-26-9-6-16-39-26/h3-16,18,27H,17,19-21H2,1-2H3,(H,33,36)/t27-/m0/s1. The molecule has 0 fully saturated rings. The zero-order valence-electron chi connectivity index (χ0n) is 21.9. The van der Waals surface area contributed by atoms with Gasteiger partial charge in [-0.3, -0.25) is 9.59 Å². The molecular weight excluding hydrogens is 499 g/mol. The highest BCUT2D eigenvalue weighted by Crippen LogP contribution is 2.28. The molecule has 1 N–H and O–H groups in total. The van der Waals surface area contributed by atoms with E-state index in [1.54, 1.807) is 54.5 Å². The van der Waals surface area contributed by atoms with E-state index in [4.69, 9.17) is 13.9 Å². The number of hydrogen-bond acceptors (Lipinski definition) is 5. The van der Waals surface area contributed by atoms with E-state index >= 15 is 0 Å². The lowest BCUT2D eigenvalue weighted by Crippen LogP contribution is -2.50. The largest absolute Gasteiger partial charge is 0.493 e. The van der Waals surface area contributed by atoms with Gasteiger partial charge in [0.1, 0.15) is 17.6 Å². The number of rotatable bonds is 12. The van der Waals surface area contributed by atoms with Crippen LogP contribution in [0.2, 0.25) is 0 Å². The Morgan fingerprint density at radius 3 is 2.26 bits per heavy atom. The first-order valence-corrected chi connectivity index (χ1v) is 12.6. The average molecular weight is 531 g/mol. The SMILES string of the molecule is COc1ccc(CC(=O)N(Cc2ccc(F)cc2)[C@@H](Cc2ccccc2)C(=O)NCc2ccco2)cc1OC. The Hall–Kier alpha value is -4.59. The molecule has 1 aromatic heterocycles. The topological polar surface area (TPSA) is 81.0 Å². The molecule has 7 nitrogen and oxygen atoms in total. The van der Waals surface area contributed by atoms with Gasteiger partial charge in [0.25, 0.3) is 0 Å². The molecule has 1 atom stereocenters. The van der Waals surface area contributed by atoms with Crippen LogP contribution in [0.25, 0.3) is 0 Å². The van der Waals surface area contributed by atoms with E-state index < -0.39 is 6.04 Å². The quantitative estimate of drug-likeness (QED) is 0.281. The van der Waals surface area contributed by atoms with Gasteiger partial charge in [-0.25, -0.2) is 4.39 Å². The first kappa shape index (κ1) is 27.4. The summed E-state index contributed by atoms with van der Waals surface area (Å²) >= 11 is 0. The number of nitrogens with zero attached hydrogens (tertiary/aromatic N) is 1. The number of amides is 2. The second-order valence-electron chi connectivity index (χ2n) is 9.02. The first-order valence-electron chi connectivity index (χ1n) is 12.6. The molecule has 0 saturated heterocycles. The number of methoxy groups -OCH3 is 2. The number of halogens is 1. The van der Waals surface area contributed by atoms with Crippen molar-refractivity contribution >= 4 is 11.8 Å². The highest BCUT2D eigenvalue weighted by molar-refractivity contribution is 5.88. The number of carbonyl (C=O) groups excluding carboxylic acids is 2. The van der Waals surface area contributed by atoms with Gasteiger partial charge in [0.2, 0.25) is 11.8 Å². The van der Waals surface area contributed by atoms with Gasteiger partial charge in [-0.05, 0) is 53.1 Å². The Morgan fingerprint density at radius 2 is 1.59 bits per heavy atom. The maximum Gasteiger partial charge on any atom is 0.243 e. The highest BCUT2D eigenvalue weighted by Gasteiger charge is 2.30. The summed E-state index contributed by atoms with van der Waals surface area (Å²) in [6, 6.07) is 23.4. The molecule has 2 amide bonds. The van der Waals surface area contributed by atoms with Crippen LogP contribution in [-0.2, 0) is 35.5 Å². The summed E-state index contributed by atoms with van der Waals surface area (Å²) in [7, 11) is 3.08. The minimum Gasteiger partial charge on any atom is -0.493 e. The van der Waals surface area contributed by atoms with Crippen molar-refractivity contribution in [2.45, 2.75) is 32.0 Å². The summed E-state index contributed by atoms with van der Waals surface area (Å²) in [4.78, 5) is 29.1. The molecule has 0 aliphatic rings. The Bertz CT molecular complexity index is 1360. The zero-order chi connectivity index (χ0) is 27.6. The van der Waals surface area contributed by atoms with Crippen LogP contribution in [0.15, 0.2) is 95.6 Å². The van der Waals surface area contributed by atoms with Crippen molar-refractivity contribution in [3.8, 4) is 11.5 Å². The predicted molar refractivity (Wildman–Crippen MR) is 145 cm³/mol. The van der Waals surface area contributed by atoms with Crippen LogP contribution in [0.3, 0.4) is 0 Å². The van der Waals surface area contributed by atoms with E-state index in [0.717, 1.165) is 5.56 Å². The fourth-order valence-electron chi connectivity index (χ4n) is 4.31. The van der Waals surface area contributed by atoms with Gasteiger partial charge in [0, 0.05) is 13.0 Å². The molecule has 0 aliphatic carbocycles. The van der Waals surface area contributed by atoms with E-state index in [9.17, 15) is 14.0 Å². The molecule has 0 unspecified atom stereocenters. The Balaban J connectivity index is 1.66. The number of nitrogens with one attached hydrogen (secondary N) is 1. The van der Waals surface area contributed by atoms with Crippen LogP contribution in [0, 0.1) is 5.82 Å². The minimum atomic E-state index is -0.833. The van der Waals surface area contributed by atoms with Crippen molar-refractivity contribution in [3.63, 3.8) is 0 Å². The molecule has 4 aromatic rings. The van der Waals surface area contributed by atoms with Crippen molar-refractivity contribution < 1.29 is 27.9 Å². The lowest BCUT2D eigenvalue weighted by molar-refractivity contribution is -0.140. The van der Waals surface area contributed by atoms with E-state index in [0.29, 0.717) is 34.8 Å². The van der Waals surface area contributed by atoms with Crippen molar-refractivity contribution in [3.05, 3.63) is 119 Å². The van der Waals surface area contributed by atoms with Gasteiger partial charge < -0.3 is 24.1 Å². The van der Waals surface area contributed by atoms with E-state index in [1.807, 2.05) is 30.3 Å². The molecule has 0 saturated carbocycles.